The van der Waals surface area contributed by atoms with Crippen LogP contribution in [0.3, 0.4) is 0 Å². The fraction of sp³-hybridized carbons (Fsp3) is 0.778. The second-order valence-electron chi connectivity index (χ2n) is 3.42. The molecule has 0 aromatic heterocycles. The maximum atomic E-state index is 11.2. The van der Waals surface area contributed by atoms with Crippen molar-refractivity contribution in [3.05, 3.63) is 0 Å². The van der Waals surface area contributed by atoms with E-state index in [0.29, 0.717) is 6.42 Å². The second kappa shape index (κ2) is 4.61. The molecule has 4 heteroatoms. The van der Waals surface area contributed by atoms with Crippen molar-refractivity contribution in [2.45, 2.75) is 38.6 Å². The van der Waals surface area contributed by atoms with Crippen molar-refractivity contribution in [2.24, 2.45) is 0 Å². The number of amides is 1. The lowest BCUT2D eigenvalue weighted by molar-refractivity contribution is -0.133. The van der Waals surface area contributed by atoms with Crippen LogP contribution in [0.15, 0.2) is 0 Å². The molecule has 0 radical (unpaired) electrons. The number of halogens is 1. The Hall–Kier alpha value is -0.570. The summed E-state index contributed by atoms with van der Waals surface area (Å²) in [5.74, 6) is 0.0441. The summed E-state index contributed by atoms with van der Waals surface area (Å²) in [6.45, 7) is 2.31. The summed E-state index contributed by atoms with van der Waals surface area (Å²) < 4.78 is 0. The van der Waals surface area contributed by atoms with Crippen LogP contribution in [0.25, 0.3) is 0 Å². The van der Waals surface area contributed by atoms with Crippen molar-refractivity contribution in [3.8, 4) is 0 Å². The van der Waals surface area contributed by atoms with E-state index in [1.807, 2.05) is 0 Å². The summed E-state index contributed by atoms with van der Waals surface area (Å²) in [5.41, 5.74) is 0. The molecule has 1 fully saturated rings. The highest BCUT2D eigenvalue weighted by Gasteiger charge is 2.25. The average molecular weight is 204 g/mol. The molecule has 0 N–H and O–H groups in total. The van der Waals surface area contributed by atoms with Crippen LogP contribution in [0.2, 0.25) is 0 Å². The number of rotatable bonds is 2. The van der Waals surface area contributed by atoms with Crippen LogP contribution >= 0.6 is 11.6 Å². The maximum absolute atomic E-state index is 11.2. The van der Waals surface area contributed by atoms with Crippen molar-refractivity contribution in [1.82, 2.24) is 4.90 Å². The van der Waals surface area contributed by atoms with E-state index in [9.17, 15) is 9.59 Å². The maximum Gasteiger partial charge on any atom is 0.223 e. The van der Waals surface area contributed by atoms with Gasteiger partial charge in [-0.2, -0.15) is 0 Å². The molecular weight excluding hydrogens is 190 g/mol. The third-order valence-corrected chi connectivity index (χ3v) is 2.58. The first kappa shape index (κ1) is 10.5. The average Bonchev–Trinajstić information content (AvgIpc) is 2.03. The van der Waals surface area contributed by atoms with E-state index in [-0.39, 0.29) is 17.2 Å². The van der Waals surface area contributed by atoms with Crippen LogP contribution in [0.4, 0.5) is 0 Å². The van der Waals surface area contributed by atoms with E-state index in [1.165, 1.54) is 6.92 Å². The normalized spacial score (nSPS) is 22.9. The van der Waals surface area contributed by atoms with Gasteiger partial charge in [0.15, 0.2) is 0 Å². The van der Waals surface area contributed by atoms with Gasteiger partial charge in [0.2, 0.25) is 11.1 Å². The molecule has 1 atom stereocenters. The molecule has 74 valence electrons. The minimum atomic E-state index is -0.349. The molecule has 1 aliphatic rings. The van der Waals surface area contributed by atoms with Crippen molar-refractivity contribution in [1.29, 1.82) is 0 Å². The van der Waals surface area contributed by atoms with Gasteiger partial charge in [-0.1, -0.05) is 0 Å². The van der Waals surface area contributed by atoms with Crippen LogP contribution in [0.5, 0.6) is 0 Å². The van der Waals surface area contributed by atoms with E-state index < -0.39 is 0 Å². The topological polar surface area (TPSA) is 37.4 Å². The third-order valence-electron chi connectivity index (χ3n) is 2.43. The van der Waals surface area contributed by atoms with Crippen molar-refractivity contribution in [3.63, 3.8) is 0 Å². The first-order valence-corrected chi connectivity index (χ1v) is 4.94. The Morgan fingerprint density at radius 3 is 2.69 bits per heavy atom. The second-order valence-corrected chi connectivity index (χ2v) is 3.84. The Balaban J connectivity index is 2.56. The Bertz CT molecular complexity index is 218. The fourth-order valence-electron chi connectivity index (χ4n) is 1.81. The van der Waals surface area contributed by atoms with Gasteiger partial charge in [0.25, 0.3) is 0 Å². The number of hydrogen-bond donors (Lipinski definition) is 0. The van der Waals surface area contributed by atoms with Gasteiger partial charge >= 0.3 is 0 Å². The van der Waals surface area contributed by atoms with Crippen molar-refractivity contribution < 1.29 is 9.59 Å². The Morgan fingerprint density at radius 2 is 2.15 bits per heavy atom. The smallest absolute Gasteiger partial charge is 0.223 e. The van der Waals surface area contributed by atoms with E-state index in [0.717, 1.165) is 25.8 Å². The highest BCUT2D eigenvalue weighted by molar-refractivity contribution is 6.63. The number of carbonyl (C=O) groups is 2. The van der Waals surface area contributed by atoms with E-state index in [1.54, 1.807) is 4.90 Å². The molecule has 1 unspecified atom stereocenters. The zero-order chi connectivity index (χ0) is 9.84. The molecule has 1 heterocycles. The minimum absolute atomic E-state index is 0.0382. The fourth-order valence-corrected chi connectivity index (χ4v) is 1.99. The van der Waals surface area contributed by atoms with Gasteiger partial charge in [0, 0.05) is 25.9 Å². The summed E-state index contributed by atoms with van der Waals surface area (Å²) in [5, 5.41) is -0.349. The summed E-state index contributed by atoms with van der Waals surface area (Å²) in [6, 6.07) is 0.0382. The summed E-state index contributed by atoms with van der Waals surface area (Å²) in [6.07, 6.45) is 3.31. The van der Waals surface area contributed by atoms with E-state index in [4.69, 9.17) is 11.6 Å². The molecule has 0 aromatic carbocycles. The van der Waals surface area contributed by atoms with Crippen LogP contribution in [0, 0.1) is 0 Å². The predicted molar refractivity (Wildman–Crippen MR) is 50.5 cm³/mol. The molecular formula is C9H14ClNO2. The molecule has 1 amide bonds. The van der Waals surface area contributed by atoms with E-state index in [2.05, 4.69) is 0 Å². The zero-order valence-corrected chi connectivity index (χ0v) is 8.51. The molecule has 1 rings (SSSR count). The highest BCUT2D eigenvalue weighted by atomic mass is 35.5. The van der Waals surface area contributed by atoms with Gasteiger partial charge in [-0.3, -0.25) is 9.59 Å². The lowest BCUT2D eigenvalue weighted by Gasteiger charge is -2.34. The van der Waals surface area contributed by atoms with Gasteiger partial charge in [-0.15, -0.1) is 0 Å². The molecule has 1 saturated heterocycles. The molecule has 3 nitrogen and oxygen atoms in total. The number of carbonyl (C=O) groups excluding carboxylic acids is 2. The number of hydrogen-bond acceptors (Lipinski definition) is 2. The first-order valence-electron chi connectivity index (χ1n) is 4.57. The zero-order valence-electron chi connectivity index (χ0n) is 7.75. The first-order chi connectivity index (χ1) is 6.11. The molecule has 13 heavy (non-hydrogen) atoms. The predicted octanol–water partition coefficient (Wildman–Crippen LogP) is 1.54. The van der Waals surface area contributed by atoms with Gasteiger partial charge in [-0.25, -0.2) is 0 Å². The van der Waals surface area contributed by atoms with Crippen molar-refractivity contribution in [2.75, 3.05) is 6.54 Å². The summed E-state index contributed by atoms with van der Waals surface area (Å²) in [4.78, 5) is 23.6. The van der Waals surface area contributed by atoms with Crippen LogP contribution < -0.4 is 0 Å². The SMILES string of the molecule is CC(=O)N1CCCCC1CC(=O)Cl. The van der Waals surface area contributed by atoms with Crippen LogP contribution in [-0.2, 0) is 9.59 Å². The standard InChI is InChI=1S/C9H14ClNO2/c1-7(12)11-5-3-2-4-8(11)6-9(10)13/h8H,2-6H2,1H3. The highest BCUT2D eigenvalue weighted by Crippen LogP contribution is 2.20. The number of piperidine rings is 1. The number of nitrogens with zero attached hydrogens (tertiary/aromatic N) is 1. The quantitative estimate of drug-likeness (QED) is 0.639. The Morgan fingerprint density at radius 1 is 1.46 bits per heavy atom. The van der Waals surface area contributed by atoms with Crippen LogP contribution in [-0.4, -0.2) is 28.6 Å². The van der Waals surface area contributed by atoms with Crippen LogP contribution in [0.1, 0.15) is 32.6 Å². The number of likely N-dealkylation sites (tertiary alicyclic amines) is 1. The molecule has 0 aromatic rings. The third kappa shape index (κ3) is 2.99. The molecule has 1 aliphatic heterocycles. The molecule has 0 saturated carbocycles. The summed E-state index contributed by atoms with van der Waals surface area (Å²) in [7, 11) is 0. The molecule has 0 bridgehead atoms. The monoisotopic (exact) mass is 203 g/mol. The Kier molecular flexibility index (Phi) is 3.72. The lowest BCUT2D eigenvalue weighted by atomic mass is 10.00. The van der Waals surface area contributed by atoms with E-state index >= 15 is 0 Å². The van der Waals surface area contributed by atoms with Gasteiger partial charge < -0.3 is 4.90 Å². The van der Waals surface area contributed by atoms with Gasteiger partial charge in [0.05, 0.1) is 0 Å². The lowest BCUT2D eigenvalue weighted by Crippen LogP contribution is -2.43. The Labute approximate surface area is 83.0 Å². The molecule has 0 aliphatic carbocycles. The minimum Gasteiger partial charge on any atom is -0.339 e. The van der Waals surface area contributed by atoms with Gasteiger partial charge in [-0.05, 0) is 30.9 Å². The molecule has 0 spiro atoms. The van der Waals surface area contributed by atoms with Gasteiger partial charge in [0.1, 0.15) is 0 Å². The largest absolute Gasteiger partial charge is 0.339 e. The van der Waals surface area contributed by atoms with Crippen molar-refractivity contribution >= 4 is 22.8 Å². The summed E-state index contributed by atoms with van der Waals surface area (Å²) >= 11 is 5.30.